The summed E-state index contributed by atoms with van der Waals surface area (Å²) in [6, 6.07) is 4.10. The van der Waals surface area contributed by atoms with Crippen molar-refractivity contribution < 1.29 is 9.90 Å². The van der Waals surface area contributed by atoms with Gasteiger partial charge < -0.3 is 5.11 Å². The van der Waals surface area contributed by atoms with Crippen molar-refractivity contribution in [2.24, 2.45) is 0 Å². The van der Waals surface area contributed by atoms with Crippen LogP contribution in [-0.4, -0.2) is 11.1 Å². The van der Waals surface area contributed by atoms with Crippen LogP contribution in [0.5, 0.6) is 0 Å². The molecule has 0 atom stereocenters. The number of aliphatic carboxylic acids is 1. The van der Waals surface area contributed by atoms with E-state index in [9.17, 15) is 4.79 Å². The van der Waals surface area contributed by atoms with Gasteiger partial charge in [-0.3, -0.25) is 0 Å². The second kappa shape index (κ2) is 4.36. The third-order valence-electron chi connectivity index (χ3n) is 2.96. The Morgan fingerprint density at radius 1 is 1.18 bits per heavy atom. The Morgan fingerprint density at radius 3 is 1.88 bits per heavy atom. The number of hydrogen-bond acceptors (Lipinski definition) is 1. The predicted molar refractivity (Wildman–Crippen MR) is 71.3 cm³/mol. The fourth-order valence-electron chi connectivity index (χ4n) is 1.98. The largest absolute Gasteiger partial charge is 0.478 e. The van der Waals surface area contributed by atoms with Crippen molar-refractivity contribution in [3.8, 4) is 0 Å². The van der Waals surface area contributed by atoms with Crippen LogP contribution in [0.2, 0.25) is 0 Å². The first kappa shape index (κ1) is 13.5. The molecule has 1 rings (SSSR count). The van der Waals surface area contributed by atoms with Gasteiger partial charge in [0.15, 0.2) is 0 Å². The first-order valence-corrected chi connectivity index (χ1v) is 5.69. The average Bonchev–Trinajstić information content (AvgIpc) is 2.14. The lowest BCUT2D eigenvalue weighted by Gasteiger charge is -2.22. The highest BCUT2D eigenvalue weighted by Crippen LogP contribution is 2.29. The van der Waals surface area contributed by atoms with E-state index < -0.39 is 5.97 Å². The quantitative estimate of drug-likeness (QED) is 0.789. The topological polar surface area (TPSA) is 37.3 Å². The van der Waals surface area contributed by atoms with Crippen molar-refractivity contribution >= 4 is 11.5 Å². The molecule has 0 unspecified atom stereocenters. The van der Waals surface area contributed by atoms with E-state index in [1.165, 1.54) is 5.56 Å². The molecule has 0 radical (unpaired) electrons. The minimum Gasteiger partial charge on any atom is -0.478 e. The smallest absolute Gasteiger partial charge is 0.335 e. The van der Waals surface area contributed by atoms with Gasteiger partial charge in [-0.1, -0.05) is 39.5 Å². The molecule has 17 heavy (non-hydrogen) atoms. The summed E-state index contributed by atoms with van der Waals surface area (Å²) in [4.78, 5) is 11.0. The van der Waals surface area contributed by atoms with E-state index >= 15 is 0 Å². The molecule has 1 aromatic rings. The van der Waals surface area contributed by atoms with Crippen molar-refractivity contribution in [3.63, 3.8) is 0 Å². The number of benzene rings is 1. The summed E-state index contributed by atoms with van der Waals surface area (Å²) < 4.78 is 0. The Hall–Kier alpha value is -1.57. The molecule has 0 aliphatic rings. The second-order valence-electron chi connectivity index (χ2n) is 5.52. The number of carbonyl (C=O) groups is 1. The molecule has 0 fully saturated rings. The minimum absolute atomic E-state index is 0.0681. The summed E-state index contributed by atoms with van der Waals surface area (Å²) in [6.07, 6.45) is 0. The first-order chi connectivity index (χ1) is 7.64. The number of rotatable bonds is 2. The SMILES string of the molecule is C=C(C(=O)O)c1c(C)cc(C(C)(C)C)cc1C. The Labute approximate surface area is 103 Å². The zero-order chi connectivity index (χ0) is 13.4. The molecular weight excluding hydrogens is 212 g/mol. The molecule has 0 saturated heterocycles. The molecular formula is C15H20O2. The Morgan fingerprint density at radius 2 is 1.59 bits per heavy atom. The molecule has 0 aliphatic heterocycles. The van der Waals surface area contributed by atoms with Gasteiger partial charge in [-0.25, -0.2) is 4.79 Å². The summed E-state index contributed by atoms with van der Waals surface area (Å²) in [5.41, 5.74) is 4.16. The number of carboxylic acids is 1. The van der Waals surface area contributed by atoms with Gasteiger partial charge in [-0.2, -0.15) is 0 Å². The molecule has 2 heteroatoms. The maximum atomic E-state index is 11.0. The van der Waals surface area contributed by atoms with E-state index in [0.717, 1.165) is 16.7 Å². The van der Waals surface area contributed by atoms with Gasteiger partial charge >= 0.3 is 5.97 Å². The fraction of sp³-hybridized carbons (Fsp3) is 0.400. The van der Waals surface area contributed by atoms with Gasteiger partial charge in [0.2, 0.25) is 0 Å². The highest BCUT2D eigenvalue weighted by molar-refractivity contribution is 6.15. The van der Waals surface area contributed by atoms with E-state index in [1.54, 1.807) is 0 Å². The second-order valence-corrected chi connectivity index (χ2v) is 5.52. The summed E-state index contributed by atoms with van der Waals surface area (Å²) >= 11 is 0. The summed E-state index contributed by atoms with van der Waals surface area (Å²) in [6.45, 7) is 13.9. The van der Waals surface area contributed by atoms with Crippen molar-refractivity contribution in [2.45, 2.75) is 40.0 Å². The summed E-state index contributed by atoms with van der Waals surface area (Å²) in [7, 11) is 0. The monoisotopic (exact) mass is 232 g/mol. The van der Waals surface area contributed by atoms with Crippen LogP contribution in [0.4, 0.5) is 0 Å². The molecule has 0 spiro atoms. The van der Waals surface area contributed by atoms with Crippen LogP contribution >= 0.6 is 0 Å². The van der Waals surface area contributed by atoms with E-state index in [2.05, 4.69) is 39.5 Å². The van der Waals surface area contributed by atoms with Crippen LogP contribution in [-0.2, 0) is 10.2 Å². The average molecular weight is 232 g/mol. The van der Waals surface area contributed by atoms with Crippen LogP contribution in [0.3, 0.4) is 0 Å². The van der Waals surface area contributed by atoms with Crippen LogP contribution < -0.4 is 0 Å². The van der Waals surface area contributed by atoms with Crippen molar-refractivity contribution in [1.82, 2.24) is 0 Å². The van der Waals surface area contributed by atoms with E-state index in [0.29, 0.717) is 0 Å². The molecule has 0 saturated carbocycles. The molecule has 1 N–H and O–H groups in total. The zero-order valence-corrected chi connectivity index (χ0v) is 11.2. The van der Waals surface area contributed by atoms with Gasteiger partial charge in [-0.15, -0.1) is 0 Å². The predicted octanol–water partition coefficient (Wildman–Crippen LogP) is 3.70. The van der Waals surface area contributed by atoms with E-state index in [1.807, 2.05) is 13.8 Å². The highest BCUT2D eigenvalue weighted by atomic mass is 16.4. The van der Waals surface area contributed by atoms with Gasteiger partial charge in [0.1, 0.15) is 0 Å². The number of aryl methyl sites for hydroxylation is 2. The lowest BCUT2D eigenvalue weighted by Crippen LogP contribution is -2.13. The van der Waals surface area contributed by atoms with Gasteiger partial charge in [0, 0.05) is 0 Å². The molecule has 0 heterocycles. The molecule has 0 bridgehead atoms. The van der Waals surface area contributed by atoms with Gasteiger partial charge in [0.05, 0.1) is 5.57 Å². The molecule has 92 valence electrons. The standard InChI is InChI=1S/C15H20O2/c1-9-7-12(15(4,5)6)8-10(2)13(9)11(3)14(16)17/h7-8H,3H2,1-2,4-6H3,(H,16,17). The Balaban J connectivity index is 3.40. The molecule has 0 amide bonds. The lowest BCUT2D eigenvalue weighted by molar-refractivity contribution is -0.130. The van der Waals surface area contributed by atoms with Crippen LogP contribution in [0, 0.1) is 13.8 Å². The Bertz CT molecular complexity index is 453. The third-order valence-corrected chi connectivity index (χ3v) is 2.96. The number of carboxylic acid groups (broad SMARTS) is 1. The first-order valence-electron chi connectivity index (χ1n) is 5.69. The molecule has 0 aliphatic carbocycles. The van der Waals surface area contributed by atoms with Crippen LogP contribution in [0.15, 0.2) is 18.7 Å². The minimum atomic E-state index is -0.959. The van der Waals surface area contributed by atoms with Crippen molar-refractivity contribution in [1.29, 1.82) is 0 Å². The lowest BCUT2D eigenvalue weighted by atomic mass is 9.83. The molecule has 1 aromatic carbocycles. The Kier molecular flexibility index (Phi) is 3.46. The van der Waals surface area contributed by atoms with E-state index in [4.69, 9.17) is 5.11 Å². The van der Waals surface area contributed by atoms with Crippen LogP contribution in [0.25, 0.3) is 5.57 Å². The summed E-state index contributed by atoms with van der Waals surface area (Å²) in [5, 5.41) is 9.01. The van der Waals surface area contributed by atoms with Crippen molar-refractivity contribution in [2.75, 3.05) is 0 Å². The van der Waals surface area contributed by atoms with Crippen molar-refractivity contribution in [3.05, 3.63) is 41.0 Å². The molecule has 0 aromatic heterocycles. The van der Waals surface area contributed by atoms with Gasteiger partial charge in [0.25, 0.3) is 0 Å². The summed E-state index contributed by atoms with van der Waals surface area (Å²) in [5.74, 6) is -0.959. The fourth-order valence-corrected chi connectivity index (χ4v) is 1.98. The van der Waals surface area contributed by atoms with E-state index in [-0.39, 0.29) is 11.0 Å². The van der Waals surface area contributed by atoms with Gasteiger partial charge in [-0.05, 0) is 41.5 Å². The third kappa shape index (κ3) is 2.76. The van der Waals surface area contributed by atoms with Crippen LogP contribution in [0.1, 0.15) is 43.0 Å². The number of hydrogen-bond donors (Lipinski definition) is 1. The highest BCUT2D eigenvalue weighted by Gasteiger charge is 2.19. The maximum absolute atomic E-state index is 11.0. The maximum Gasteiger partial charge on any atom is 0.335 e. The molecule has 2 nitrogen and oxygen atoms in total. The zero-order valence-electron chi connectivity index (χ0n) is 11.2. The normalized spacial score (nSPS) is 11.4.